The number of rotatable bonds is 23. The maximum absolute atomic E-state index is 12.2. The van der Waals surface area contributed by atoms with E-state index in [1.165, 1.54) is 89.9 Å². The molecule has 1 aromatic rings. The lowest BCUT2D eigenvalue weighted by Gasteiger charge is -2.20. The molecule has 0 aromatic carbocycles. The molecule has 220 valence electrons. The smallest absolute Gasteiger partial charge is 0.329 e. The van der Waals surface area contributed by atoms with Crippen LogP contribution in [0.3, 0.4) is 0 Å². The van der Waals surface area contributed by atoms with Gasteiger partial charge in [0.1, 0.15) is 11.5 Å². The summed E-state index contributed by atoms with van der Waals surface area (Å²) >= 11 is 0. The van der Waals surface area contributed by atoms with Gasteiger partial charge in [-0.05, 0) is 25.8 Å². The highest BCUT2D eigenvalue weighted by Gasteiger charge is 2.28. The summed E-state index contributed by atoms with van der Waals surface area (Å²) in [4.78, 5) is 30.6. The van der Waals surface area contributed by atoms with Gasteiger partial charge >= 0.3 is 5.69 Å². The maximum Gasteiger partial charge on any atom is 0.329 e. The van der Waals surface area contributed by atoms with Crippen LogP contribution in [0.5, 0.6) is 0 Å². The summed E-state index contributed by atoms with van der Waals surface area (Å²) in [6.45, 7) is 5.52. The Kier molecular flexibility index (Phi) is 16.5. The quantitative estimate of drug-likeness (QED) is 0.165. The number of aliphatic hydroxyl groups is 1. The van der Waals surface area contributed by atoms with Crippen LogP contribution >= 0.6 is 0 Å². The Morgan fingerprint density at radius 2 is 1.37 bits per heavy atom. The van der Waals surface area contributed by atoms with E-state index in [9.17, 15) is 14.7 Å². The van der Waals surface area contributed by atoms with Gasteiger partial charge in [-0.3, -0.25) is 14.3 Å². The third-order valence-electron chi connectivity index (χ3n) is 7.89. The molecule has 0 fully saturated rings. The van der Waals surface area contributed by atoms with Gasteiger partial charge in [-0.15, -0.1) is 0 Å². The molecule has 0 bridgehead atoms. The highest BCUT2D eigenvalue weighted by Crippen LogP contribution is 2.29. The monoisotopic (exact) mass is 535 g/mol. The Balaban J connectivity index is 1.38. The number of anilines is 2. The van der Waals surface area contributed by atoms with E-state index in [-0.39, 0.29) is 17.4 Å². The van der Waals surface area contributed by atoms with E-state index in [2.05, 4.69) is 22.1 Å². The predicted octanol–water partition coefficient (Wildman–Crippen LogP) is 5.28. The fourth-order valence-electron chi connectivity index (χ4n) is 5.55. The molecule has 0 saturated heterocycles. The minimum atomic E-state index is -0.357. The van der Waals surface area contributed by atoms with Crippen molar-refractivity contribution >= 4 is 11.5 Å². The topological polar surface area (TPSA) is 93.6 Å². The van der Waals surface area contributed by atoms with E-state index in [0.717, 1.165) is 51.1 Å². The number of hydrogen-bond acceptors (Lipinski definition) is 6. The number of hydrogen-bond donors (Lipinski definition) is 3. The predicted molar refractivity (Wildman–Crippen MR) is 161 cm³/mol. The molecule has 8 nitrogen and oxygen atoms in total. The molecular formula is C30H57N5O3. The molecular weight excluding hydrogens is 478 g/mol. The number of fused-ring (bicyclic) bond motifs is 1. The Morgan fingerprint density at radius 3 is 2.00 bits per heavy atom. The minimum absolute atomic E-state index is 0.220. The zero-order chi connectivity index (χ0) is 27.6. The molecule has 0 saturated carbocycles. The van der Waals surface area contributed by atoms with E-state index >= 15 is 0 Å². The van der Waals surface area contributed by atoms with E-state index in [1.807, 2.05) is 11.9 Å². The van der Waals surface area contributed by atoms with Crippen LogP contribution in [-0.4, -0.2) is 54.1 Å². The summed E-state index contributed by atoms with van der Waals surface area (Å²) in [5, 5.41) is 13.6. The van der Waals surface area contributed by atoms with Crippen molar-refractivity contribution in [3.05, 3.63) is 20.8 Å². The van der Waals surface area contributed by atoms with Gasteiger partial charge in [0.15, 0.2) is 0 Å². The summed E-state index contributed by atoms with van der Waals surface area (Å²) in [5.74, 6) is 0.734. The molecule has 3 N–H and O–H groups in total. The lowest BCUT2D eigenvalue weighted by atomic mass is 10.1. The molecule has 1 unspecified atom stereocenters. The molecule has 1 aliphatic rings. The number of aromatic nitrogens is 2. The average molecular weight is 536 g/mol. The van der Waals surface area contributed by atoms with Gasteiger partial charge in [0, 0.05) is 27.2 Å². The van der Waals surface area contributed by atoms with Gasteiger partial charge in [-0.25, -0.2) is 4.79 Å². The Bertz CT molecular complexity index is 868. The molecule has 38 heavy (non-hydrogen) atoms. The van der Waals surface area contributed by atoms with E-state index < -0.39 is 0 Å². The molecule has 0 radical (unpaired) electrons. The lowest BCUT2D eigenvalue weighted by Crippen LogP contribution is -2.32. The van der Waals surface area contributed by atoms with Crippen molar-refractivity contribution in [2.24, 2.45) is 7.05 Å². The number of nitrogens with one attached hydrogen (secondary N) is 2. The van der Waals surface area contributed by atoms with E-state index in [4.69, 9.17) is 0 Å². The van der Waals surface area contributed by atoms with Crippen LogP contribution in [0, 0.1) is 0 Å². The van der Waals surface area contributed by atoms with Crippen molar-refractivity contribution in [3.8, 4) is 0 Å². The highest BCUT2D eigenvalue weighted by molar-refractivity contribution is 5.71. The first-order valence-electron chi connectivity index (χ1n) is 15.6. The van der Waals surface area contributed by atoms with Crippen molar-refractivity contribution in [1.82, 2.24) is 14.9 Å². The fourth-order valence-corrected chi connectivity index (χ4v) is 5.55. The molecule has 0 spiro atoms. The molecule has 0 amide bonds. The summed E-state index contributed by atoms with van der Waals surface area (Å²) in [7, 11) is 3.61. The van der Waals surface area contributed by atoms with Gasteiger partial charge in [0.25, 0.3) is 5.56 Å². The van der Waals surface area contributed by atoms with Crippen molar-refractivity contribution in [1.29, 1.82) is 0 Å². The molecule has 1 aromatic heterocycles. The second-order valence-electron chi connectivity index (χ2n) is 11.4. The molecule has 1 aliphatic heterocycles. The largest absolute Gasteiger partial charge is 0.392 e. The molecule has 1 atom stereocenters. The SMILES string of the molecule is CCCCCCCCCCCCNCC(O)CCCCCCCCCN1CN(C)c2c1n(C)c(=O)[nH]c2=O. The van der Waals surface area contributed by atoms with Gasteiger partial charge in [-0.1, -0.05) is 103 Å². The normalized spacial score (nSPS) is 13.9. The maximum atomic E-state index is 12.2. The number of unbranched alkanes of at least 4 members (excludes halogenated alkanes) is 15. The van der Waals surface area contributed by atoms with Crippen molar-refractivity contribution in [3.63, 3.8) is 0 Å². The number of nitrogens with zero attached hydrogens (tertiary/aromatic N) is 3. The number of aromatic amines is 1. The van der Waals surface area contributed by atoms with Gasteiger partial charge in [-0.2, -0.15) is 0 Å². The first-order valence-corrected chi connectivity index (χ1v) is 15.6. The first kappa shape index (κ1) is 32.4. The third kappa shape index (κ3) is 11.9. The Hall–Kier alpha value is -1.80. The molecule has 8 heteroatoms. The third-order valence-corrected chi connectivity index (χ3v) is 7.89. The van der Waals surface area contributed by atoms with Crippen LogP contribution in [0.25, 0.3) is 0 Å². The second-order valence-corrected chi connectivity index (χ2v) is 11.4. The summed E-state index contributed by atoms with van der Waals surface area (Å²) in [6.07, 6.45) is 22.4. The van der Waals surface area contributed by atoms with Crippen molar-refractivity contribution < 1.29 is 5.11 Å². The lowest BCUT2D eigenvalue weighted by molar-refractivity contribution is 0.158. The Labute approximate surface area is 231 Å². The van der Waals surface area contributed by atoms with Crippen LogP contribution in [-0.2, 0) is 7.05 Å². The number of aliphatic hydroxyl groups excluding tert-OH is 1. The fraction of sp³-hybridized carbons (Fsp3) is 0.867. The van der Waals surface area contributed by atoms with Crippen molar-refractivity contribution in [2.45, 2.75) is 129 Å². The molecule has 0 aliphatic carbocycles. The zero-order valence-corrected chi connectivity index (χ0v) is 24.7. The Morgan fingerprint density at radius 1 is 0.816 bits per heavy atom. The van der Waals surface area contributed by atoms with Gasteiger partial charge < -0.3 is 20.2 Å². The average Bonchev–Trinajstić information content (AvgIpc) is 3.23. The van der Waals surface area contributed by atoms with E-state index in [0.29, 0.717) is 12.4 Å². The summed E-state index contributed by atoms with van der Waals surface area (Å²) in [6, 6.07) is 0. The van der Waals surface area contributed by atoms with Crippen LogP contribution in [0.4, 0.5) is 11.5 Å². The van der Waals surface area contributed by atoms with Crippen LogP contribution in [0.1, 0.15) is 122 Å². The minimum Gasteiger partial charge on any atom is -0.392 e. The van der Waals surface area contributed by atoms with Crippen molar-refractivity contribution in [2.75, 3.05) is 43.2 Å². The number of H-pyrrole nitrogens is 1. The van der Waals surface area contributed by atoms with Gasteiger partial charge in [0.2, 0.25) is 0 Å². The van der Waals surface area contributed by atoms with Crippen LogP contribution in [0.15, 0.2) is 9.59 Å². The first-order chi connectivity index (χ1) is 18.5. The van der Waals surface area contributed by atoms with Crippen LogP contribution in [0.2, 0.25) is 0 Å². The summed E-state index contributed by atoms with van der Waals surface area (Å²) in [5.41, 5.74) is -0.0737. The standard InChI is InChI=1S/C30H57N5O3/c1-4-5-6-7-8-9-10-13-16-19-22-31-24-26(36)21-18-15-12-11-14-17-20-23-35-25-33(2)27-28(37)32-30(38)34(3)29(27)35/h26,31,36H,4-25H2,1-3H3,(H,32,37,38). The highest BCUT2D eigenvalue weighted by atomic mass is 16.3. The van der Waals surface area contributed by atoms with Gasteiger partial charge in [0.05, 0.1) is 12.8 Å². The second kappa shape index (κ2) is 19.3. The summed E-state index contributed by atoms with van der Waals surface area (Å²) < 4.78 is 1.54. The zero-order valence-electron chi connectivity index (χ0n) is 24.7. The molecule has 2 rings (SSSR count). The van der Waals surface area contributed by atoms with E-state index in [1.54, 1.807) is 11.6 Å². The molecule has 2 heterocycles. The van der Waals surface area contributed by atoms with Crippen LogP contribution < -0.4 is 26.4 Å².